The van der Waals surface area contributed by atoms with E-state index in [1.807, 2.05) is 13.8 Å². The number of amides is 1. The molecular weight excluding hydrogens is 407 g/mol. The van der Waals surface area contributed by atoms with Gasteiger partial charge in [0.1, 0.15) is 11.6 Å². The normalized spacial score (nSPS) is 19.8. The number of benzene rings is 2. The Balaban J connectivity index is 1.89. The Bertz CT molecular complexity index is 975. The highest BCUT2D eigenvalue weighted by molar-refractivity contribution is 7.89. The Kier molecular flexibility index (Phi) is 6.77. The summed E-state index contributed by atoms with van der Waals surface area (Å²) in [5.74, 6) is -0.636. The molecule has 6 nitrogen and oxygen atoms in total. The number of carbonyl (C=O) groups excluding carboxylic acids is 1. The van der Waals surface area contributed by atoms with Crippen LogP contribution < -0.4 is 10.1 Å². The maximum atomic E-state index is 13.4. The number of rotatable bonds is 7. The quantitative estimate of drug-likeness (QED) is 0.727. The largest absolute Gasteiger partial charge is 0.497 e. The minimum absolute atomic E-state index is 0.0698. The standard InChI is InChI=1S/C22H27FN2O4S/c1-15(2)12-24-22(26)21-14-25(13-20(21)16-4-6-17(23)7-5-16)30(27,28)19-10-8-18(29-3)9-11-19/h4-11,15,20-21H,12-14H2,1-3H3,(H,24,26). The van der Waals surface area contributed by atoms with Crippen LogP contribution in [0.15, 0.2) is 53.4 Å². The molecule has 0 saturated carbocycles. The molecule has 162 valence electrons. The average molecular weight is 435 g/mol. The van der Waals surface area contributed by atoms with Crippen LogP contribution in [0.25, 0.3) is 0 Å². The van der Waals surface area contributed by atoms with Gasteiger partial charge >= 0.3 is 0 Å². The van der Waals surface area contributed by atoms with Gasteiger partial charge in [-0.15, -0.1) is 0 Å². The zero-order valence-corrected chi connectivity index (χ0v) is 18.2. The van der Waals surface area contributed by atoms with Gasteiger partial charge in [0.05, 0.1) is 17.9 Å². The van der Waals surface area contributed by atoms with Gasteiger partial charge in [0.15, 0.2) is 0 Å². The maximum absolute atomic E-state index is 13.4. The van der Waals surface area contributed by atoms with Crippen molar-refractivity contribution in [2.24, 2.45) is 11.8 Å². The van der Waals surface area contributed by atoms with Crippen LogP contribution >= 0.6 is 0 Å². The fourth-order valence-corrected chi connectivity index (χ4v) is 5.10. The van der Waals surface area contributed by atoms with E-state index in [1.165, 1.54) is 35.7 Å². The molecule has 2 aromatic carbocycles. The molecule has 1 N–H and O–H groups in total. The molecule has 1 aliphatic rings. The van der Waals surface area contributed by atoms with E-state index in [1.54, 1.807) is 24.3 Å². The first-order valence-electron chi connectivity index (χ1n) is 9.89. The third kappa shape index (κ3) is 4.82. The fourth-order valence-electron chi connectivity index (χ4n) is 3.61. The highest BCUT2D eigenvalue weighted by Crippen LogP contribution is 2.36. The van der Waals surface area contributed by atoms with Crippen LogP contribution in [-0.4, -0.2) is 45.4 Å². The lowest BCUT2D eigenvalue weighted by Crippen LogP contribution is -2.37. The second-order valence-corrected chi connectivity index (χ2v) is 9.84. The molecule has 2 unspecified atom stereocenters. The van der Waals surface area contributed by atoms with Crippen molar-refractivity contribution >= 4 is 15.9 Å². The number of hydrogen-bond acceptors (Lipinski definition) is 4. The van der Waals surface area contributed by atoms with E-state index in [9.17, 15) is 17.6 Å². The number of nitrogens with zero attached hydrogens (tertiary/aromatic N) is 1. The Hall–Kier alpha value is -2.45. The molecule has 1 heterocycles. The smallest absolute Gasteiger partial charge is 0.243 e. The maximum Gasteiger partial charge on any atom is 0.243 e. The molecule has 2 aromatic rings. The molecule has 1 amide bonds. The van der Waals surface area contributed by atoms with Crippen molar-refractivity contribution in [3.8, 4) is 5.75 Å². The summed E-state index contributed by atoms with van der Waals surface area (Å²) in [4.78, 5) is 13.0. The predicted molar refractivity (Wildman–Crippen MR) is 112 cm³/mol. The third-order valence-corrected chi connectivity index (χ3v) is 7.15. The number of ether oxygens (including phenoxy) is 1. The van der Waals surface area contributed by atoms with E-state index >= 15 is 0 Å². The molecule has 1 saturated heterocycles. The Morgan fingerprint density at radius 1 is 1.13 bits per heavy atom. The van der Waals surface area contributed by atoms with Crippen molar-refractivity contribution in [3.05, 3.63) is 59.9 Å². The second kappa shape index (κ2) is 9.14. The van der Waals surface area contributed by atoms with Gasteiger partial charge in [-0.05, 0) is 47.9 Å². The van der Waals surface area contributed by atoms with Gasteiger partial charge in [-0.25, -0.2) is 12.8 Å². The molecule has 2 atom stereocenters. The lowest BCUT2D eigenvalue weighted by atomic mass is 9.88. The highest BCUT2D eigenvalue weighted by atomic mass is 32.2. The van der Waals surface area contributed by atoms with Crippen molar-refractivity contribution in [3.63, 3.8) is 0 Å². The van der Waals surface area contributed by atoms with Crippen LogP contribution in [0, 0.1) is 17.7 Å². The minimum atomic E-state index is -3.79. The van der Waals surface area contributed by atoms with Crippen molar-refractivity contribution in [2.75, 3.05) is 26.7 Å². The summed E-state index contributed by atoms with van der Waals surface area (Å²) in [5.41, 5.74) is 0.744. The van der Waals surface area contributed by atoms with Crippen molar-refractivity contribution in [1.82, 2.24) is 9.62 Å². The lowest BCUT2D eigenvalue weighted by molar-refractivity contribution is -0.125. The van der Waals surface area contributed by atoms with Crippen LogP contribution in [-0.2, 0) is 14.8 Å². The Labute approximate surface area is 177 Å². The van der Waals surface area contributed by atoms with Crippen molar-refractivity contribution < 1.29 is 22.3 Å². The van der Waals surface area contributed by atoms with E-state index in [2.05, 4.69) is 5.32 Å². The van der Waals surface area contributed by atoms with Crippen LogP contribution in [0.1, 0.15) is 25.3 Å². The van der Waals surface area contributed by atoms with Crippen LogP contribution in [0.4, 0.5) is 4.39 Å². The van der Waals surface area contributed by atoms with Gasteiger partial charge < -0.3 is 10.1 Å². The number of carbonyl (C=O) groups is 1. The molecule has 0 spiro atoms. The zero-order chi connectivity index (χ0) is 21.9. The van der Waals surface area contributed by atoms with E-state index in [4.69, 9.17) is 4.74 Å². The molecule has 30 heavy (non-hydrogen) atoms. The Morgan fingerprint density at radius 3 is 2.33 bits per heavy atom. The summed E-state index contributed by atoms with van der Waals surface area (Å²) in [6.45, 7) is 4.72. The molecule has 0 aromatic heterocycles. The van der Waals surface area contributed by atoms with E-state index in [0.29, 0.717) is 12.3 Å². The molecule has 8 heteroatoms. The number of nitrogens with one attached hydrogen (secondary N) is 1. The third-order valence-electron chi connectivity index (χ3n) is 5.30. The Morgan fingerprint density at radius 2 is 1.77 bits per heavy atom. The van der Waals surface area contributed by atoms with Gasteiger partial charge in [0.25, 0.3) is 0 Å². The van der Waals surface area contributed by atoms with Gasteiger partial charge in [-0.2, -0.15) is 4.31 Å². The first-order chi connectivity index (χ1) is 14.2. The average Bonchev–Trinajstić information content (AvgIpc) is 3.19. The molecule has 0 radical (unpaired) electrons. The van der Waals surface area contributed by atoms with E-state index < -0.39 is 15.9 Å². The minimum Gasteiger partial charge on any atom is -0.497 e. The SMILES string of the molecule is COc1ccc(S(=O)(=O)N2CC(C(=O)NCC(C)C)C(c3ccc(F)cc3)C2)cc1. The molecular formula is C22H27FN2O4S. The number of halogens is 1. The second-order valence-electron chi connectivity index (χ2n) is 7.90. The van der Waals surface area contributed by atoms with Gasteiger partial charge in [-0.3, -0.25) is 4.79 Å². The predicted octanol–water partition coefficient (Wildman–Crippen LogP) is 3.01. The number of methoxy groups -OCH3 is 1. The van der Waals surface area contributed by atoms with Crippen molar-refractivity contribution in [2.45, 2.75) is 24.7 Å². The molecule has 0 bridgehead atoms. The monoisotopic (exact) mass is 434 g/mol. The highest BCUT2D eigenvalue weighted by Gasteiger charge is 2.43. The summed E-state index contributed by atoms with van der Waals surface area (Å²) >= 11 is 0. The van der Waals surface area contributed by atoms with Gasteiger partial charge in [0, 0.05) is 25.6 Å². The summed E-state index contributed by atoms with van der Waals surface area (Å²) in [6, 6.07) is 12.1. The summed E-state index contributed by atoms with van der Waals surface area (Å²) < 4.78 is 46.2. The summed E-state index contributed by atoms with van der Waals surface area (Å²) in [6.07, 6.45) is 0. The van der Waals surface area contributed by atoms with Crippen LogP contribution in [0.2, 0.25) is 0 Å². The summed E-state index contributed by atoms with van der Waals surface area (Å²) in [5, 5.41) is 2.91. The fraction of sp³-hybridized carbons (Fsp3) is 0.409. The molecule has 1 aliphatic heterocycles. The van der Waals surface area contributed by atoms with Crippen molar-refractivity contribution in [1.29, 1.82) is 0 Å². The van der Waals surface area contributed by atoms with Crippen LogP contribution in [0.3, 0.4) is 0 Å². The van der Waals surface area contributed by atoms with E-state index in [0.717, 1.165) is 5.56 Å². The van der Waals surface area contributed by atoms with Crippen LogP contribution in [0.5, 0.6) is 5.75 Å². The molecule has 1 fully saturated rings. The zero-order valence-electron chi connectivity index (χ0n) is 17.3. The number of hydrogen-bond donors (Lipinski definition) is 1. The number of sulfonamides is 1. The molecule has 0 aliphatic carbocycles. The van der Waals surface area contributed by atoms with Gasteiger partial charge in [-0.1, -0.05) is 26.0 Å². The van der Waals surface area contributed by atoms with Gasteiger partial charge in [0.2, 0.25) is 15.9 Å². The first-order valence-corrected chi connectivity index (χ1v) is 11.3. The summed E-state index contributed by atoms with van der Waals surface area (Å²) in [7, 11) is -2.28. The molecule has 3 rings (SSSR count). The van der Waals surface area contributed by atoms with E-state index in [-0.39, 0.29) is 41.5 Å². The topological polar surface area (TPSA) is 75.7 Å². The lowest BCUT2D eigenvalue weighted by Gasteiger charge is -2.19. The first kappa shape index (κ1) is 22.2.